The van der Waals surface area contributed by atoms with Crippen molar-refractivity contribution in [2.24, 2.45) is 17.6 Å². The second kappa shape index (κ2) is 3.32. The van der Waals surface area contributed by atoms with Crippen LogP contribution in [-0.4, -0.2) is 15.4 Å². The Balaban J connectivity index is 1.74. The maximum atomic E-state index is 6.15. The molecule has 15 heavy (non-hydrogen) atoms. The van der Waals surface area contributed by atoms with Crippen LogP contribution in [-0.2, 0) is 6.42 Å². The number of imidazole rings is 1. The van der Waals surface area contributed by atoms with E-state index in [0.29, 0.717) is 6.04 Å². The Hall–Kier alpha value is -0.870. The highest BCUT2D eigenvalue weighted by atomic mass is 32.1. The number of hydrogen-bond donors (Lipinski definition) is 1. The van der Waals surface area contributed by atoms with Crippen molar-refractivity contribution in [2.45, 2.75) is 25.8 Å². The Bertz CT molecular complexity index is 444. The van der Waals surface area contributed by atoms with E-state index >= 15 is 0 Å². The molecule has 0 radical (unpaired) electrons. The van der Waals surface area contributed by atoms with E-state index in [0.717, 1.165) is 28.9 Å². The molecule has 0 aliphatic heterocycles. The van der Waals surface area contributed by atoms with Gasteiger partial charge in [-0.05, 0) is 18.3 Å². The van der Waals surface area contributed by atoms with Crippen LogP contribution in [0.3, 0.4) is 0 Å². The quantitative estimate of drug-likeness (QED) is 0.860. The van der Waals surface area contributed by atoms with Crippen LogP contribution in [0.15, 0.2) is 17.8 Å². The Morgan fingerprint density at radius 2 is 2.53 bits per heavy atom. The molecule has 4 heteroatoms. The van der Waals surface area contributed by atoms with Gasteiger partial charge >= 0.3 is 0 Å². The molecule has 3 unspecified atom stereocenters. The molecule has 0 saturated heterocycles. The van der Waals surface area contributed by atoms with Gasteiger partial charge in [0.1, 0.15) is 0 Å². The zero-order chi connectivity index (χ0) is 10.4. The molecular weight excluding hydrogens is 206 g/mol. The highest BCUT2D eigenvalue weighted by Gasteiger charge is 2.37. The van der Waals surface area contributed by atoms with E-state index in [-0.39, 0.29) is 0 Å². The molecule has 1 aliphatic rings. The number of nitrogens with zero attached hydrogens (tertiary/aromatic N) is 2. The van der Waals surface area contributed by atoms with Gasteiger partial charge in [0, 0.05) is 30.2 Å². The van der Waals surface area contributed by atoms with Gasteiger partial charge in [0.05, 0.1) is 5.69 Å². The Morgan fingerprint density at radius 1 is 1.73 bits per heavy atom. The van der Waals surface area contributed by atoms with Crippen molar-refractivity contribution >= 4 is 16.3 Å². The van der Waals surface area contributed by atoms with Crippen LogP contribution in [0.1, 0.15) is 19.0 Å². The monoisotopic (exact) mass is 221 g/mol. The summed E-state index contributed by atoms with van der Waals surface area (Å²) in [5.74, 6) is 1.55. The first-order valence-electron chi connectivity index (χ1n) is 5.40. The van der Waals surface area contributed by atoms with Crippen molar-refractivity contribution in [3.8, 4) is 0 Å². The van der Waals surface area contributed by atoms with Gasteiger partial charge in [0.25, 0.3) is 0 Å². The molecule has 2 aromatic heterocycles. The zero-order valence-corrected chi connectivity index (χ0v) is 9.57. The minimum absolute atomic E-state index is 0.296. The normalized spacial score (nSPS) is 27.1. The Kier molecular flexibility index (Phi) is 2.07. The number of hydrogen-bond acceptors (Lipinski definition) is 3. The fourth-order valence-electron chi connectivity index (χ4n) is 2.21. The average Bonchev–Trinajstić information content (AvgIpc) is 2.58. The van der Waals surface area contributed by atoms with E-state index in [1.807, 2.05) is 6.20 Å². The standard InChI is InChI=1S/C11H15N3S/c1-7-4-9(7)10(12)5-8-6-14-2-3-15-11(14)13-8/h2-3,6-7,9-10H,4-5,12H2,1H3. The average molecular weight is 221 g/mol. The maximum absolute atomic E-state index is 6.15. The largest absolute Gasteiger partial charge is 0.327 e. The first kappa shape index (κ1) is 9.36. The molecule has 80 valence electrons. The van der Waals surface area contributed by atoms with Gasteiger partial charge in [-0.3, -0.25) is 4.40 Å². The summed E-state index contributed by atoms with van der Waals surface area (Å²) < 4.78 is 2.07. The zero-order valence-electron chi connectivity index (χ0n) is 8.76. The van der Waals surface area contributed by atoms with Crippen LogP contribution in [0.4, 0.5) is 0 Å². The number of aromatic nitrogens is 2. The fourth-order valence-corrected chi connectivity index (χ4v) is 2.93. The van der Waals surface area contributed by atoms with E-state index < -0.39 is 0 Å². The lowest BCUT2D eigenvalue weighted by atomic mass is 10.1. The lowest BCUT2D eigenvalue weighted by Crippen LogP contribution is -2.26. The Labute approximate surface area is 92.9 Å². The summed E-state index contributed by atoms with van der Waals surface area (Å²) in [6, 6.07) is 0.296. The molecule has 3 nitrogen and oxygen atoms in total. The summed E-state index contributed by atoms with van der Waals surface area (Å²) >= 11 is 1.67. The summed E-state index contributed by atoms with van der Waals surface area (Å²) in [6.07, 6.45) is 6.35. The van der Waals surface area contributed by atoms with Gasteiger partial charge in [0.2, 0.25) is 0 Å². The predicted octanol–water partition coefficient (Wildman–Crippen LogP) is 1.92. The van der Waals surface area contributed by atoms with Crippen LogP contribution in [0.25, 0.3) is 4.96 Å². The first-order chi connectivity index (χ1) is 7.24. The first-order valence-corrected chi connectivity index (χ1v) is 6.28. The highest BCUT2D eigenvalue weighted by molar-refractivity contribution is 7.15. The lowest BCUT2D eigenvalue weighted by Gasteiger charge is -2.07. The molecule has 2 heterocycles. The molecule has 0 bridgehead atoms. The van der Waals surface area contributed by atoms with Crippen LogP contribution >= 0.6 is 11.3 Å². The fraction of sp³-hybridized carbons (Fsp3) is 0.545. The van der Waals surface area contributed by atoms with Crippen molar-refractivity contribution in [3.05, 3.63) is 23.5 Å². The highest BCUT2D eigenvalue weighted by Crippen LogP contribution is 2.40. The summed E-state index contributed by atoms with van der Waals surface area (Å²) in [7, 11) is 0. The molecule has 3 atom stereocenters. The van der Waals surface area contributed by atoms with Crippen LogP contribution in [0.5, 0.6) is 0 Å². The van der Waals surface area contributed by atoms with Crippen LogP contribution in [0, 0.1) is 11.8 Å². The number of thiazole rings is 1. The molecular formula is C11H15N3S. The van der Waals surface area contributed by atoms with Gasteiger partial charge in [-0.15, -0.1) is 11.3 Å². The minimum atomic E-state index is 0.296. The van der Waals surface area contributed by atoms with Gasteiger partial charge < -0.3 is 5.73 Å². The maximum Gasteiger partial charge on any atom is 0.193 e. The van der Waals surface area contributed by atoms with Crippen molar-refractivity contribution in [1.82, 2.24) is 9.38 Å². The van der Waals surface area contributed by atoms with E-state index in [9.17, 15) is 0 Å². The van der Waals surface area contributed by atoms with Gasteiger partial charge in [-0.1, -0.05) is 6.92 Å². The lowest BCUT2D eigenvalue weighted by molar-refractivity contribution is 0.555. The molecule has 0 aromatic carbocycles. The topological polar surface area (TPSA) is 43.3 Å². The molecule has 1 saturated carbocycles. The van der Waals surface area contributed by atoms with Gasteiger partial charge in [-0.2, -0.15) is 0 Å². The third kappa shape index (κ3) is 1.68. The molecule has 2 aromatic rings. The van der Waals surface area contributed by atoms with Crippen molar-refractivity contribution < 1.29 is 0 Å². The molecule has 0 spiro atoms. The second-order valence-electron chi connectivity index (χ2n) is 4.57. The smallest absolute Gasteiger partial charge is 0.193 e. The SMILES string of the molecule is CC1CC1C(N)Cc1cn2ccsc2n1. The third-order valence-electron chi connectivity index (χ3n) is 3.31. The molecule has 1 aliphatic carbocycles. The van der Waals surface area contributed by atoms with E-state index in [1.54, 1.807) is 11.3 Å². The van der Waals surface area contributed by atoms with Crippen molar-refractivity contribution in [2.75, 3.05) is 0 Å². The summed E-state index contributed by atoms with van der Waals surface area (Å²) in [5, 5.41) is 2.05. The van der Waals surface area contributed by atoms with E-state index in [4.69, 9.17) is 5.73 Å². The molecule has 2 N–H and O–H groups in total. The number of nitrogens with two attached hydrogens (primary N) is 1. The molecule has 0 amide bonds. The summed E-state index contributed by atoms with van der Waals surface area (Å²) in [6.45, 7) is 2.27. The van der Waals surface area contributed by atoms with E-state index in [2.05, 4.69) is 27.9 Å². The van der Waals surface area contributed by atoms with Gasteiger partial charge in [0.15, 0.2) is 4.96 Å². The van der Waals surface area contributed by atoms with Gasteiger partial charge in [-0.25, -0.2) is 4.98 Å². The molecule has 3 rings (SSSR count). The third-order valence-corrected chi connectivity index (χ3v) is 4.08. The van der Waals surface area contributed by atoms with Crippen molar-refractivity contribution in [3.63, 3.8) is 0 Å². The van der Waals surface area contributed by atoms with E-state index in [1.165, 1.54) is 6.42 Å². The summed E-state index contributed by atoms with van der Waals surface area (Å²) in [4.78, 5) is 5.62. The van der Waals surface area contributed by atoms with Crippen LogP contribution in [0.2, 0.25) is 0 Å². The minimum Gasteiger partial charge on any atom is -0.327 e. The second-order valence-corrected chi connectivity index (χ2v) is 5.44. The summed E-state index contributed by atoms with van der Waals surface area (Å²) in [5.41, 5.74) is 7.28. The van der Waals surface area contributed by atoms with Crippen molar-refractivity contribution in [1.29, 1.82) is 0 Å². The number of fused-ring (bicyclic) bond motifs is 1. The Morgan fingerprint density at radius 3 is 3.20 bits per heavy atom. The number of rotatable bonds is 3. The molecule has 1 fully saturated rings. The van der Waals surface area contributed by atoms with Crippen LogP contribution < -0.4 is 5.73 Å². The predicted molar refractivity (Wildman–Crippen MR) is 62.0 cm³/mol.